The quantitative estimate of drug-likeness (QED) is 0.701. The number of aliphatic hydroxyl groups is 1. The molecule has 6 heteroatoms. The minimum absolute atomic E-state index is 0.0552. The molecule has 0 saturated carbocycles. The molecule has 3 heterocycles. The molecule has 156 valence electrons. The van der Waals surface area contributed by atoms with Crippen LogP contribution in [-0.2, 0) is 13.0 Å². The standard InChI is InChI=1S/C23H30N2O4/c1-2-18-10-16-11-23(29-9-5-8-26)22(28)12-19(16)20-13-21(27)17(15-25(18)20)14-24-6-3-4-7-24/h11-13,15,18,26,28H,2-10,14H2,1H3. The van der Waals surface area contributed by atoms with Gasteiger partial charge in [0.2, 0.25) is 0 Å². The van der Waals surface area contributed by atoms with E-state index in [4.69, 9.17) is 9.84 Å². The van der Waals surface area contributed by atoms with Crippen molar-refractivity contribution in [2.75, 3.05) is 26.3 Å². The third-order valence-electron chi connectivity index (χ3n) is 6.09. The highest BCUT2D eigenvalue weighted by atomic mass is 16.5. The second kappa shape index (κ2) is 8.59. The van der Waals surface area contributed by atoms with Crippen molar-refractivity contribution in [3.05, 3.63) is 45.7 Å². The molecule has 2 aliphatic rings. The van der Waals surface area contributed by atoms with Crippen molar-refractivity contribution in [1.29, 1.82) is 0 Å². The van der Waals surface area contributed by atoms with Gasteiger partial charge in [-0.25, -0.2) is 0 Å². The lowest BCUT2D eigenvalue weighted by Gasteiger charge is -2.31. The number of phenolic OH excluding ortho intramolecular Hbond substituents is 1. The Bertz CT molecular complexity index is 931. The Hall–Kier alpha value is -2.31. The number of fused-ring (bicyclic) bond motifs is 3. The minimum Gasteiger partial charge on any atom is -0.504 e. The van der Waals surface area contributed by atoms with Gasteiger partial charge in [0.15, 0.2) is 16.9 Å². The molecule has 0 amide bonds. The molecule has 1 aromatic carbocycles. The van der Waals surface area contributed by atoms with Gasteiger partial charge in [0.05, 0.1) is 12.3 Å². The summed E-state index contributed by atoms with van der Waals surface area (Å²) in [6, 6.07) is 5.60. The molecule has 4 rings (SSSR count). The summed E-state index contributed by atoms with van der Waals surface area (Å²) >= 11 is 0. The van der Waals surface area contributed by atoms with Gasteiger partial charge in [0.25, 0.3) is 0 Å². The van der Waals surface area contributed by atoms with Gasteiger partial charge in [-0.05, 0) is 56.5 Å². The molecule has 0 radical (unpaired) electrons. The van der Waals surface area contributed by atoms with Crippen LogP contribution in [0.25, 0.3) is 11.3 Å². The monoisotopic (exact) mass is 398 g/mol. The van der Waals surface area contributed by atoms with E-state index in [-0.39, 0.29) is 23.8 Å². The summed E-state index contributed by atoms with van der Waals surface area (Å²) < 4.78 is 7.86. The van der Waals surface area contributed by atoms with Gasteiger partial charge < -0.3 is 19.5 Å². The van der Waals surface area contributed by atoms with Gasteiger partial charge in [0, 0.05) is 49.0 Å². The number of ether oxygens (including phenoxy) is 1. The first kappa shape index (κ1) is 20.0. The molecule has 1 atom stereocenters. The summed E-state index contributed by atoms with van der Waals surface area (Å²) in [5.74, 6) is 0.505. The van der Waals surface area contributed by atoms with Crippen molar-refractivity contribution in [2.24, 2.45) is 0 Å². The van der Waals surface area contributed by atoms with Gasteiger partial charge in [-0.3, -0.25) is 9.69 Å². The Kier molecular flexibility index (Phi) is 5.92. The number of rotatable bonds is 7. The summed E-state index contributed by atoms with van der Waals surface area (Å²) in [6.07, 6.45) is 6.77. The molecule has 1 saturated heterocycles. The zero-order chi connectivity index (χ0) is 20.4. The Morgan fingerprint density at radius 2 is 2.00 bits per heavy atom. The SMILES string of the molecule is CCC1Cc2cc(OCCCO)c(O)cc2-c2cc(=O)c(CN3CCCC3)cn21. The van der Waals surface area contributed by atoms with Gasteiger partial charge >= 0.3 is 0 Å². The fourth-order valence-corrected chi connectivity index (χ4v) is 4.49. The van der Waals surface area contributed by atoms with Crippen LogP contribution < -0.4 is 10.2 Å². The van der Waals surface area contributed by atoms with E-state index in [0.717, 1.165) is 48.3 Å². The van der Waals surface area contributed by atoms with Crippen molar-refractivity contribution in [2.45, 2.75) is 51.6 Å². The first-order valence-corrected chi connectivity index (χ1v) is 10.7. The highest BCUT2D eigenvalue weighted by Crippen LogP contribution is 2.41. The number of hydrogen-bond donors (Lipinski definition) is 2. The summed E-state index contributed by atoms with van der Waals surface area (Å²) in [5.41, 5.74) is 3.76. The van der Waals surface area contributed by atoms with E-state index < -0.39 is 0 Å². The van der Waals surface area contributed by atoms with Crippen LogP contribution in [0.2, 0.25) is 0 Å². The van der Waals surface area contributed by atoms with E-state index in [0.29, 0.717) is 25.3 Å². The highest BCUT2D eigenvalue weighted by molar-refractivity contribution is 5.70. The maximum absolute atomic E-state index is 12.9. The smallest absolute Gasteiger partial charge is 0.186 e. The van der Waals surface area contributed by atoms with Crippen LogP contribution in [0, 0.1) is 0 Å². The van der Waals surface area contributed by atoms with Crippen LogP contribution in [0.15, 0.2) is 29.2 Å². The van der Waals surface area contributed by atoms with Gasteiger partial charge in [-0.2, -0.15) is 0 Å². The zero-order valence-corrected chi connectivity index (χ0v) is 17.1. The molecule has 2 N–H and O–H groups in total. The Labute approximate surface area is 171 Å². The molecule has 6 nitrogen and oxygen atoms in total. The predicted molar refractivity (Wildman–Crippen MR) is 113 cm³/mol. The maximum Gasteiger partial charge on any atom is 0.186 e. The van der Waals surface area contributed by atoms with E-state index in [1.165, 1.54) is 12.8 Å². The molecule has 1 fully saturated rings. The minimum atomic E-state index is 0.0552. The van der Waals surface area contributed by atoms with Gasteiger partial charge in [-0.1, -0.05) is 6.92 Å². The van der Waals surface area contributed by atoms with E-state index in [1.807, 2.05) is 12.3 Å². The number of benzene rings is 1. The van der Waals surface area contributed by atoms with E-state index in [1.54, 1.807) is 12.1 Å². The maximum atomic E-state index is 12.9. The fourth-order valence-electron chi connectivity index (χ4n) is 4.49. The van der Waals surface area contributed by atoms with E-state index in [9.17, 15) is 9.90 Å². The molecule has 2 aromatic rings. The zero-order valence-electron chi connectivity index (χ0n) is 17.1. The number of phenols is 1. The van der Waals surface area contributed by atoms with E-state index in [2.05, 4.69) is 16.4 Å². The summed E-state index contributed by atoms with van der Waals surface area (Å²) in [4.78, 5) is 15.2. The van der Waals surface area contributed by atoms with E-state index >= 15 is 0 Å². The summed E-state index contributed by atoms with van der Waals surface area (Å²) in [5, 5.41) is 19.4. The number of aliphatic hydroxyl groups excluding tert-OH is 1. The second-order valence-corrected chi connectivity index (χ2v) is 8.11. The molecule has 0 aliphatic carbocycles. The van der Waals surface area contributed by atoms with Crippen LogP contribution in [-0.4, -0.2) is 46.0 Å². The Morgan fingerprint density at radius 3 is 2.72 bits per heavy atom. The number of pyridine rings is 1. The van der Waals surface area contributed by atoms with Crippen LogP contribution in [0.1, 0.15) is 49.8 Å². The molecule has 1 unspecified atom stereocenters. The second-order valence-electron chi connectivity index (χ2n) is 8.11. The molecular weight excluding hydrogens is 368 g/mol. The van der Waals surface area contributed by atoms with Crippen LogP contribution >= 0.6 is 0 Å². The first-order chi connectivity index (χ1) is 14.1. The molecule has 29 heavy (non-hydrogen) atoms. The number of aromatic hydroxyl groups is 1. The first-order valence-electron chi connectivity index (χ1n) is 10.7. The summed E-state index contributed by atoms with van der Waals surface area (Å²) in [7, 11) is 0. The van der Waals surface area contributed by atoms with Crippen molar-refractivity contribution in [1.82, 2.24) is 9.47 Å². The van der Waals surface area contributed by atoms with Gasteiger partial charge in [0.1, 0.15) is 0 Å². The Balaban J connectivity index is 1.71. The normalized spacial score (nSPS) is 18.5. The molecule has 1 aromatic heterocycles. The third-order valence-corrected chi connectivity index (χ3v) is 6.09. The van der Waals surface area contributed by atoms with Crippen LogP contribution in [0.3, 0.4) is 0 Å². The largest absolute Gasteiger partial charge is 0.504 e. The molecular formula is C23H30N2O4. The molecule has 2 aliphatic heterocycles. The van der Waals surface area contributed by atoms with Gasteiger partial charge in [-0.15, -0.1) is 0 Å². The highest BCUT2D eigenvalue weighted by Gasteiger charge is 2.26. The van der Waals surface area contributed by atoms with Crippen molar-refractivity contribution in [3.63, 3.8) is 0 Å². The lowest BCUT2D eigenvalue weighted by atomic mass is 9.90. The average Bonchev–Trinajstić information content (AvgIpc) is 3.22. The third kappa shape index (κ3) is 4.05. The van der Waals surface area contributed by atoms with Crippen molar-refractivity contribution >= 4 is 0 Å². The number of hydrogen-bond acceptors (Lipinski definition) is 5. The van der Waals surface area contributed by atoms with Crippen molar-refractivity contribution in [3.8, 4) is 22.8 Å². The Morgan fingerprint density at radius 1 is 1.21 bits per heavy atom. The lowest BCUT2D eigenvalue weighted by Crippen LogP contribution is -2.27. The number of nitrogens with zero attached hydrogens (tertiary/aromatic N) is 2. The predicted octanol–water partition coefficient (Wildman–Crippen LogP) is 3.09. The van der Waals surface area contributed by atoms with Crippen LogP contribution in [0.5, 0.6) is 11.5 Å². The van der Waals surface area contributed by atoms with Crippen LogP contribution in [0.4, 0.5) is 0 Å². The average molecular weight is 399 g/mol. The lowest BCUT2D eigenvalue weighted by molar-refractivity contribution is 0.228. The van der Waals surface area contributed by atoms with Crippen molar-refractivity contribution < 1.29 is 14.9 Å². The fraction of sp³-hybridized carbons (Fsp3) is 0.522. The summed E-state index contributed by atoms with van der Waals surface area (Å²) in [6.45, 7) is 5.42. The molecule has 0 spiro atoms. The topological polar surface area (TPSA) is 74.9 Å². The number of aromatic nitrogens is 1. The number of likely N-dealkylation sites (tertiary alicyclic amines) is 1. The molecule has 0 bridgehead atoms.